The van der Waals surface area contributed by atoms with Crippen LogP contribution in [0.15, 0.2) is 18.3 Å². The van der Waals surface area contributed by atoms with Gasteiger partial charge in [0.1, 0.15) is 0 Å². The van der Waals surface area contributed by atoms with Gasteiger partial charge >= 0.3 is 0 Å². The lowest BCUT2D eigenvalue weighted by Crippen LogP contribution is -2.13. The van der Waals surface area contributed by atoms with E-state index in [1.807, 2.05) is 0 Å². The summed E-state index contributed by atoms with van der Waals surface area (Å²) < 4.78 is 1.29. The molecule has 0 saturated heterocycles. The molecule has 0 aliphatic rings. The summed E-state index contributed by atoms with van der Waals surface area (Å²) in [6, 6.07) is 2.67. The number of nitrogens with one attached hydrogen (secondary N) is 1. The third-order valence-electron chi connectivity index (χ3n) is 2.71. The largest absolute Gasteiger partial charge is 0.311 e. The SMILES string of the molecule is CCCNCc1cn(-c2c(Cl)cc(Cl)cc2[N+](=O)[O-])nn1. The van der Waals surface area contributed by atoms with E-state index in [2.05, 4.69) is 22.6 Å². The summed E-state index contributed by atoms with van der Waals surface area (Å²) in [6.07, 6.45) is 2.60. The molecule has 1 N–H and O–H groups in total. The molecule has 0 aliphatic carbocycles. The van der Waals surface area contributed by atoms with E-state index >= 15 is 0 Å². The Morgan fingerprint density at radius 3 is 2.86 bits per heavy atom. The highest BCUT2D eigenvalue weighted by atomic mass is 35.5. The van der Waals surface area contributed by atoms with Crippen LogP contribution in [0, 0.1) is 10.1 Å². The molecule has 0 saturated carbocycles. The average Bonchev–Trinajstić information content (AvgIpc) is 2.86. The van der Waals surface area contributed by atoms with Gasteiger partial charge in [0.2, 0.25) is 0 Å². The van der Waals surface area contributed by atoms with E-state index in [-0.39, 0.29) is 21.4 Å². The molecular formula is C12H13Cl2N5O2. The second kappa shape index (κ2) is 6.84. The lowest BCUT2D eigenvalue weighted by molar-refractivity contribution is -0.384. The first-order chi connectivity index (χ1) is 10.0. The summed E-state index contributed by atoms with van der Waals surface area (Å²) >= 11 is 11.9. The lowest BCUT2D eigenvalue weighted by atomic mass is 10.2. The first-order valence-corrected chi connectivity index (χ1v) is 7.04. The van der Waals surface area contributed by atoms with Crippen molar-refractivity contribution in [2.45, 2.75) is 19.9 Å². The predicted molar refractivity (Wildman–Crippen MR) is 80.0 cm³/mol. The second-order valence-electron chi connectivity index (χ2n) is 4.34. The third kappa shape index (κ3) is 3.69. The Hall–Kier alpha value is -1.70. The lowest BCUT2D eigenvalue weighted by Gasteiger charge is -2.05. The maximum absolute atomic E-state index is 11.1. The van der Waals surface area contributed by atoms with E-state index in [1.54, 1.807) is 6.20 Å². The van der Waals surface area contributed by atoms with Gasteiger partial charge < -0.3 is 5.32 Å². The quantitative estimate of drug-likeness (QED) is 0.500. The summed E-state index contributed by atoms with van der Waals surface area (Å²) in [6.45, 7) is 3.45. The molecule has 0 fully saturated rings. The zero-order chi connectivity index (χ0) is 15.4. The minimum Gasteiger partial charge on any atom is -0.311 e. The predicted octanol–water partition coefficient (Wildman–Crippen LogP) is 2.98. The van der Waals surface area contributed by atoms with E-state index in [0.717, 1.165) is 13.0 Å². The van der Waals surface area contributed by atoms with Crippen molar-refractivity contribution in [1.82, 2.24) is 20.3 Å². The first kappa shape index (κ1) is 15.7. The number of hydrogen-bond acceptors (Lipinski definition) is 5. The Morgan fingerprint density at radius 2 is 2.19 bits per heavy atom. The Kier molecular flexibility index (Phi) is 5.11. The van der Waals surface area contributed by atoms with E-state index in [4.69, 9.17) is 23.2 Å². The number of halogens is 2. The fraction of sp³-hybridized carbons (Fsp3) is 0.333. The molecule has 2 rings (SSSR count). The van der Waals surface area contributed by atoms with Crippen molar-refractivity contribution in [3.8, 4) is 5.69 Å². The molecule has 7 nitrogen and oxygen atoms in total. The number of nitro groups is 1. The molecule has 0 spiro atoms. The van der Waals surface area contributed by atoms with Crippen LogP contribution in [0.4, 0.5) is 5.69 Å². The molecule has 0 radical (unpaired) electrons. The van der Waals surface area contributed by atoms with Crippen LogP contribution in [0.25, 0.3) is 5.69 Å². The van der Waals surface area contributed by atoms with Crippen molar-refractivity contribution >= 4 is 28.9 Å². The standard InChI is InChI=1S/C12H13Cl2N5O2/c1-2-3-15-6-9-7-18(17-16-9)12-10(14)4-8(13)5-11(12)19(20)21/h4-5,7,15H,2-3,6H2,1H3. The van der Waals surface area contributed by atoms with Gasteiger partial charge in [-0.3, -0.25) is 10.1 Å². The van der Waals surface area contributed by atoms with Crippen LogP contribution in [0.2, 0.25) is 10.0 Å². The smallest absolute Gasteiger partial charge is 0.297 e. The summed E-state index contributed by atoms with van der Waals surface area (Å²) in [5, 5.41) is 22.5. The monoisotopic (exact) mass is 329 g/mol. The van der Waals surface area contributed by atoms with Crippen LogP contribution in [0.5, 0.6) is 0 Å². The maximum atomic E-state index is 11.1. The van der Waals surface area contributed by atoms with Crippen LogP contribution in [-0.2, 0) is 6.54 Å². The van der Waals surface area contributed by atoms with Gasteiger partial charge in [0.15, 0.2) is 5.69 Å². The fourth-order valence-corrected chi connectivity index (χ4v) is 2.37. The highest BCUT2D eigenvalue weighted by molar-refractivity contribution is 6.36. The Morgan fingerprint density at radius 1 is 1.43 bits per heavy atom. The van der Waals surface area contributed by atoms with Crippen molar-refractivity contribution < 1.29 is 4.92 Å². The van der Waals surface area contributed by atoms with Crippen LogP contribution < -0.4 is 5.32 Å². The zero-order valence-corrected chi connectivity index (χ0v) is 12.7. The first-order valence-electron chi connectivity index (χ1n) is 6.28. The molecule has 9 heteroatoms. The van der Waals surface area contributed by atoms with Gasteiger partial charge in [-0.15, -0.1) is 5.10 Å². The molecule has 0 bridgehead atoms. The van der Waals surface area contributed by atoms with Gasteiger partial charge in [0, 0.05) is 17.6 Å². The molecule has 0 unspecified atom stereocenters. The fourth-order valence-electron chi connectivity index (χ4n) is 1.80. The van der Waals surface area contributed by atoms with Crippen molar-refractivity contribution in [1.29, 1.82) is 0 Å². The maximum Gasteiger partial charge on any atom is 0.297 e. The third-order valence-corrected chi connectivity index (χ3v) is 3.21. The topological polar surface area (TPSA) is 85.9 Å². The van der Waals surface area contributed by atoms with E-state index in [0.29, 0.717) is 12.2 Å². The number of aromatic nitrogens is 3. The normalized spacial score (nSPS) is 10.8. The summed E-state index contributed by atoms with van der Waals surface area (Å²) in [4.78, 5) is 10.6. The average molecular weight is 330 g/mol. The number of nitro benzene ring substituents is 1. The van der Waals surface area contributed by atoms with Crippen LogP contribution in [-0.4, -0.2) is 26.5 Å². The van der Waals surface area contributed by atoms with Gasteiger partial charge in [0.05, 0.1) is 21.8 Å². The summed E-state index contributed by atoms with van der Waals surface area (Å²) in [5.74, 6) is 0. The number of hydrogen-bond donors (Lipinski definition) is 1. The van der Waals surface area contributed by atoms with Crippen molar-refractivity contribution in [2.24, 2.45) is 0 Å². The van der Waals surface area contributed by atoms with Crippen molar-refractivity contribution in [2.75, 3.05) is 6.54 Å². The van der Waals surface area contributed by atoms with Crippen molar-refractivity contribution in [3.63, 3.8) is 0 Å². The van der Waals surface area contributed by atoms with E-state index in [9.17, 15) is 10.1 Å². The Bertz CT molecular complexity index is 659. The molecular weight excluding hydrogens is 317 g/mol. The van der Waals surface area contributed by atoms with E-state index in [1.165, 1.54) is 16.8 Å². The summed E-state index contributed by atoms with van der Waals surface area (Å²) in [5.41, 5.74) is 0.606. The molecule has 1 aromatic heterocycles. The minimum atomic E-state index is -0.552. The van der Waals surface area contributed by atoms with Gasteiger partial charge in [-0.2, -0.15) is 0 Å². The molecule has 0 aliphatic heterocycles. The molecule has 2 aromatic rings. The molecule has 1 heterocycles. The molecule has 0 amide bonds. The summed E-state index contributed by atoms with van der Waals surface area (Å²) in [7, 11) is 0. The number of nitrogens with zero attached hydrogens (tertiary/aromatic N) is 4. The van der Waals surface area contributed by atoms with Gasteiger partial charge in [0.25, 0.3) is 5.69 Å². The van der Waals surface area contributed by atoms with Gasteiger partial charge in [-0.1, -0.05) is 35.3 Å². The van der Waals surface area contributed by atoms with Crippen LogP contribution >= 0.6 is 23.2 Å². The second-order valence-corrected chi connectivity index (χ2v) is 5.19. The highest BCUT2D eigenvalue weighted by Gasteiger charge is 2.21. The van der Waals surface area contributed by atoms with E-state index < -0.39 is 4.92 Å². The molecule has 112 valence electrons. The number of rotatable bonds is 6. The number of benzene rings is 1. The van der Waals surface area contributed by atoms with Crippen molar-refractivity contribution in [3.05, 3.63) is 44.2 Å². The highest BCUT2D eigenvalue weighted by Crippen LogP contribution is 2.33. The Balaban J connectivity index is 2.36. The zero-order valence-electron chi connectivity index (χ0n) is 11.2. The molecule has 21 heavy (non-hydrogen) atoms. The van der Waals surface area contributed by atoms with Gasteiger partial charge in [-0.25, -0.2) is 4.68 Å². The van der Waals surface area contributed by atoms with Gasteiger partial charge in [-0.05, 0) is 19.0 Å². The molecule has 0 atom stereocenters. The minimum absolute atomic E-state index is 0.146. The Labute approximate surface area is 131 Å². The molecule has 1 aromatic carbocycles. The van der Waals surface area contributed by atoms with Crippen LogP contribution in [0.3, 0.4) is 0 Å². The van der Waals surface area contributed by atoms with Crippen LogP contribution in [0.1, 0.15) is 19.0 Å².